The maximum absolute atomic E-state index is 9.67. The average Bonchev–Trinajstić information content (AvgIpc) is 0.929. The third-order valence-electron chi connectivity index (χ3n) is 19.4. The van der Waals surface area contributed by atoms with Crippen molar-refractivity contribution in [1.82, 2.24) is 0 Å². The molecule has 7 saturated heterocycles. The maximum Gasteiger partial charge on any atom is 0.186 e. The number of ether oxygens (including phenoxy) is 21. The molecule has 0 bridgehead atoms. The molecule has 34 atom stereocenters. The average molecular weight is 1360 g/mol. The van der Waals surface area contributed by atoms with Gasteiger partial charge in [0.15, 0.2) is 37.7 Å². The quantitative estimate of drug-likeness (QED) is 0.117. The summed E-state index contributed by atoms with van der Waals surface area (Å²) in [5, 5.41) is 64.6. The summed E-state index contributed by atoms with van der Waals surface area (Å²) in [5.74, 6) is 3.58. The van der Waals surface area contributed by atoms with Crippen LogP contribution in [0.5, 0.6) is 0 Å². The fourth-order valence-corrected chi connectivity index (χ4v) is 12.5. The Hall–Kier alpha value is -1.12. The highest BCUT2D eigenvalue weighted by Gasteiger charge is 2.49. The molecule has 7 fully saturated rings. The zero-order valence-electron chi connectivity index (χ0n) is 61.3. The van der Waals surface area contributed by atoms with Crippen LogP contribution in [0.15, 0.2) is 0 Å². The van der Waals surface area contributed by atoms with Crippen LogP contribution in [-0.2, 0) is 99.5 Å². The Balaban J connectivity index is 0.000000545. The molecule has 28 heteroatoms. The third-order valence-corrected chi connectivity index (χ3v) is 19.4. The molecular weight excluding hydrogens is 1230 g/mol. The van der Waals surface area contributed by atoms with Crippen LogP contribution in [0, 0.1) is 35.5 Å². The molecule has 0 radical (unpaired) electrons. The second-order valence-electron chi connectivity index (χ2n) is 24.8. The van der Waals surface area contributed by atoms with E-state index in [1.165, 1.54) is 21.1 Å². The molecule has 0 saturated carbocycles. The van der Waals surface area contributed by atoms with E-state index in [1.807, 2.05) is 55.4 Å². The van der Waals surface area contributed by atoms with Gasteiger partial charge < -0.3 is 135 Å². The van der Waals surface area contributed by atoms with E-state index in [9.17, 15) is 15.3 Å². The van der Waals surface area contributed by atoms with Gasteiger partial charge in [-0.25, -0.2) is 0 Å². The molecule has 7 aliphatic rings. The Bertz CT molecular complexity index is 1720. The molecule has 7 aliphatic heterocycles. The molecule has 0 aliphatic carbocycles. The number of methoxy groups -OCH3 is 12. The van der Waals surface area contributed by atoms with Crippen molar-refractivity contribution in [3.63, 3.8) is 0 Å². The molecule has 0 aromatic heterocycles. The Morgan fingerprint density at radius 2 is 0.484 bits per heavy atom. The summed E-state index contributed by atoms with van der Waals surface area (Å²) in [6.45, 7) is 33.7. The van der Waals surface area contributed by atoms with Crippen LogP contribution < -0.4 is 0 Å². The zero-order chi connectivity index (χ0) is 71.5. The largest absolute Gasteiger partial charge is 0.388 e. The van der Waals surface area contributed by atoms with Crippen molar-refractivity contribution in [2.24, 2.45) is 35.5 Å². The number of hydrogen-bond donors (Lipinski definition) is 7. The summed E-state index contributed by atoms with van der Waals surface area (Å²) in [7, 11) is 19.1. The molecule has 0 unspecified atom stereocenters. The van der Waals surface area contributed by atoms with Crippen molar-refractivity contribution < 1.29 is 135 Å². The number of aliphatic hydroxyl groups is 7. The lowest BCUT2D eigenvalue weighted by atomic mass is 9.77. The minimum atomic E-state index is -1.43. The van der Waals surface area contributed by atoms with Crippen LogP contribution in [0.3, 0.4) is 0 Å². The fourth-order valence-electron chi connectivity index (χ4n) is 12.5. The van der Waals surface area contributed by atoms with Crippen molar-refractivity contribution in [3.05, 3.63) is 0 Å². The molecular formula is C65H130O28. The Kier molecular flexibility index (Phi) is 44.1. The van der Waals surface area contributed by atoms with Gasteiger partial charge in [0, 0.05) is 104 Å². The van der Waals surface area contributed by atoms with Gasteiger partial charge in [-0.15, -0.1) is 0 Å². The van der Waals surface area contributed by atoms with Gasteiger partial charge in [-0.1, -0.05) is 41.5 Å². The van der Waals surface area contributed by atoms with Crippen molar-refractivity contribution in [2.45, 2.75) is 289 Å². The summed E-state index contributed by atoms with van der Waals surface area (Å²) in [6.07, 6.45) is -12.1. The van der Waals surface area contributed by atoms with Gasteiger partial charge in [0.05, 0.1) is 48.8 Å². The van der Waals surface area contributed by atoms with E-state index in [-0.39, 0.29) is 97.5 Å². The van der Waals surface area contributed by atoms with Gasteiger partial charge in [-0.3, -0.25) is 0 Å². The van der Waals surface area contributed by atoms with Crippen molar-refractivity contribution >= 4 is 0 Å². The first kappa shape index (κ1) is 89.9. The number of rotatable bonds is 16. The lowest BCUT2D eigenvalue weighted by molar-refractivity contribution is -0.301. The van der Waals surface area contributed by atoms with Crippen LogP contribution >= 0.6 is 0 Å². The number of hydrogen-bond acceptors (Lipinski definition) is 28. The monoisotopic (exact) mass is 1360 g/mol. The highest BCUT2D eigenvalue weighted by molar-refractivity contribution is 4.94. The predicted molar refractivity (Wildman–Crippen MR) is 341 cm³/mol. The molecule has 93 heavy (non-hydrogen) atoms. The summed E-state index contributed by atoms with van der Waals surface area (Å²) in [5.41, 5.74) is 0. The van der Waals surface area contributed by atoms with Crippen LogP contribution in [0.1, 0.15) is 111 Å². The lowest BCUT2D eigenvalue weighted by Crippen LogP contribution is -2.59. The van der Waals surface area contributed by atoms with Crippen molar-refractivity contribution in [2.75, 3.05) is 98.5 Å². The normalized spacial score (nSPS) is 45.6. The molecule has 7 N–H and O–H groups in total. The molecule has 0 spiro atoms. The van der Waals surface area contributed by atoms with Gasteiger partial charge in [-0.2, -0.15) is 0 Å². The SMILES string of the molecule is CC1[C@@H](C)[C@H](C)O[C@@H](C)[C@@H]1C.CCO[C@@H]1[C@@H](OC)[C@H](C)O[C@@H](O)[C@@H]1OC.CCO[C@@H]1[C@@H](OC)[C@H](C)O[C@@H](OC)[C@@H]1OC.CO[C@@H]1O[C@@H](C)[C@H](OC)[C@@H](OC)[C@H]1OC.CO[C@@H]1[C@@H](OC)[C@H](C)O[C@@H](O)[C@@H]1OC.C[C@@H]1O[C@@H](O)[C@H](O)[C@H](O)[C@H]1O.C[C@@H]1[C@@H](C)[C@H](C)O[C@@H](O)[C@@H]1C. The van der Waals surface area contributed by atoms with Crippen molar-refractivity contribution in [3.8, 4) is 0 Å². The van der Waals surface area contributed by atoms with E-state index in [4.69, 9.17) is 115 Å². The molecule has 7 rings (SSSR count). The maximum atomic E-state index is 9.67. The highest BCUT2D eigenvalue weighted by atomic mass is 16.7. The summed E-state index contributed by atoms with van der Waals surface area (Å²) in [6, 6.07) is 0. The van der Waals surface area contributed by atoms with E-state index in [0.717, 1.165) is 5.92 Å². The van der Waals surface area contributed by atoms with E-state index >= 15 is 0 Å². The standard InChI is InChI=1S/C11H22O5.2C10H20O5.C10H20O.C9H18O5.C9H18O2.C6H12O5/c1-6-15-9-8(12-3)7(2)16-11(14-5)10(9)13-4;1-6-7(11-2)8(12-3)9(13-4)10(14-5)15-6;1-5-14-8-7(12-3)6(2)15-10(11)9(8)13-4;1-6-7(2)9(4)11-10(5)8(6)3;1-5-6(11-2)7(12-3)8(13-4)9(10)14-5;1-5-6(2)8(4)11-9(10)7(5)3;1-2-3(7)4(8)5(9)6(10)11-2/h7-11H,6H2,1-5H3;6-10H,1-5H3;6-11H,5H2,1-4H3;6-10H,1-5H3;5-10H,1-4H3;5-10H,1-4H3;2-10H,1H3/t7-,8-,9+,10+,11+;2*6-,7-,8+,9+,10+;7-,8-,9+,10+;5-,6-,7+,8+,9+;5-,6-,7-,8+,9-;2-,3-,4+,5+,6+/m0001010/s1. The van der Waals surface area contributed by atoms with Gasteiger partial charge in [0.1, 0.15) is 91.6 Å². The van der Waals surface area contributed by atoms with E-state index in [0.29, 0.717) is 49.1 Å². The first-order valence-electron chi connectivity index (χ1n) is 32.7. The third kappa shape index (κ3) is 25.2. The Morgan fingerprint density at radius 1 is 0.215 bits per heavy atom. The van der Waals surface area contributed by atoms with Gasteiger partial charge in [0.25, 0.3) is 0 Å². The molecule has 0 amide bonds. The first-order valence-corrected chi connectivity index (χ1v) is 32.7. The van der Waals surface area contributed by atoms with E-state index in [2.05, 4.69) is 53.2 Å². The lowest BCUT2D eigenvalue weighted by Gasteiger charge is -2.43. The summed E-state index contributed by atoms with van der Waals surface area (Å²) >= 11 is 0. The highest BCUT2D eigenvalue weighted by Crippen LogP contribution is 2.36. The molecule has 0 aromatic rings. The van der Waals surface area contributed by atoms with Gasteiger partial charge >= 0.3 is 0 Å². The molecule has 7 heterocycles. The molecule has 558 valence electrons. The minimum Gasteiger partial charge on any atom is -0.388 e. The fraction of sp³-hybridized carbons (Fsp3) is 1.00. The summed E-state index contributed by atoms with van der Waals surface area (Å²) in [4.78, 5) is 0. The topological polar surface area (TPSA) is 335 Å². The zero-order valence-corrected chi connectivity index (χ0v) is 61.3. The minimum absolute atomic E-state index is 0.0853. The van der Waals surface area contributed by atoms with E-state index in [1.54, 1.807) is 71.1 Å². The van der Waals surface area contributed by atoms with Crippen LogP contribution in [-0.4, -0.2) is 312 Å². The second kappa shape index (κ2) is 45.6. The van der Waals surface area contributed by atoms with E-state index < -0.39 is 74.4 Å². The predicted octanol–water partition coefficient (Wildman–Crippen LogP) is 3.30. The van der Waals surface area contributed by atoms with Gasteiger partial charge in [-0.05, 0) is 98.8 Å². The van der Waals surface area contributed by atoms with Crippen LogP contribution in [0.25, 0.3) is 0 Å². The summed E-state index contributed by atoms with van der Waals surface area (Å²) < 4.78 is 112. The first-order chi connectivity index (χ1) is 43.8. The Morgan fingerprint density at radius 3 is 0.828 bits per heavy atom. The van der Waals surface area contributed by atoms with Crippen LogP contribution in [0.4, 0.5) is 0 Å². The molecule has 0 aromatic carbocycles. The smallest absolute Gasteiger partial charge is 0.186 e. The molecule has 28 nitrogen and oxygen atoms in total. The number of aliphatic hydroxyl groups excluding tert-OH is 7. The van der Waals surface area contributed by atoms with Crippen molar-refractivity contribution in [1.29, 1.82) is 0 Å². The van der Waals surface area contributed by atoms with Crippen LogP contribution in [0.2, 0.25) is 0 Å². The van der Waals surface area contributed by atoms with Gasteiger partial charge in [0.2, 0.25) is 0 Å². The Labute approximate surface area is 556 Å². The second-order valence-corrected chi connectivity index (χ2v) is 24.8.